The fraction of sp³-hybridized carbons (Fsp3) is 0.0500. The molecule has 28 heavy (non-hydrogen) atoms. The van der Waals surface area contributed by atoms with E-state index in [2.05, 4.69) is 10.6 Å². The molecule has 0 saturated carbocycles. The van der Waals surface area contributed by atoms with Crippen molar-refractivity contribution in [2.45, 2.75) is 6.54 Å². The van der Waals surface area contributed by atoms with E-state index in [-0.39, 0.29) is 5.69 Å². The molecule has 3 aromatic carbocycles. The molecule has 0 atom stereocenters. The lowest BCUT2D eigenvalue weighted by Crippen LogP contribution is -2.27. The van der Waals surface area contributed by atoms with Gasteiger partial charge in [-0.15, -0.1) is 0 Å². The summed E-state index contributed by atoms with van der Waals surface area (Å²) in [4.78, 5) is 10.8. The minimum absolute atomic E-state index is 0.111. The SMILES string of the molecule is O=[N+]([O-])c1cc(NC(=S)NCc2ccccc2)cc(Oc2ccc(Cl)cc2)c1. The molecule has 3 rings (SSSR count). The molecule has 0 aliphatic carbocycles. The molecule has 0 aliphatic rings. The van der Waals surface area contributed by atoms with E-state index in [1.807, 2.05) is 30.3 Å². The smallest absolute Gasteiger partial charge is 0.275 e. The number of anilines is 1. The van der Waals surface area contributed by atoms with Crippen molar-refractivity contribution in [1.82, 2.24) is 5.32 Å². The number of benzene rings is 3. The zero-order valence-corrected chi connectivity index (χ0v) is 16.2. The van der Waals surface area contributed by atoms with Crippen LogP contribution in [0.2, 0.25) is 5.02 Å². The highest BCUT2D eigenvalue weighted by atomic mass is 35.5. The van der Waals surface area contributed by atoms with Gasteiger partial charge in [-0.2, -0.15) is 0 Å². The zero-order chi connectivity index (χ0) is 19.9. The molecule has 8 heteroatoms. The maximum absolute atomic E-state index is 11.3. The molecule has 0 heterocycles. The van der Waals surface area contributed by atoms with E-state index in [0.29, 0.717) is 33.9 Å². The lowest BCUT2D eigenvalue weighted by atomic mass is 10.2. The fourth-order valence-electron chi connectivity index (χ4n) is 2.41. The van der Waals surface area contributed by atoms with Gasteiger partial charge in [-0.05, 0) is 42.0 Å². The van der Waals surface area contributed by atoms with Crippen molar-refractivity contribution in [3.05, 3.63) is 93.5 Å². The first kappa shape index (κ1) is 19.6. The van der Waals surface area contributed by atoms with Gasteiger partial charge in [-0.25, -0.2) is 0 Å². The Bertz CT molecular complexity index is 982. The van der Waals surface area contributed by atoms with Gasteiger partial charge in [0.2, 0.25) is 0 Å². The minimum Gasteiger partial charge on any atom is -0.457 e. The first-order chi connectivity index (χ1) is 13.5. The molecular formula is C20H16ClN3O3S. The fourth-order valence-corrected chi connectivity index (χ4v) is 2.73. The second-order valence-corrected chi connectivity index (χ2v) is 6.67. The maximum atomic E-state index is 11.3. The van der Waals surface area contributed by atoms with Crippen LogP contribution in [-0.4, -0.2) is 10.0 Å². The van der Waals surface area contributed by atoms with Gasteiger partial charge in [-0.3, -0.25) is 10.1 Å². The summed E-state index contributed by atoms with van der Waals surface area (Å²) in [6, 6.07) is 20.9. The van der Waals surface area contributed by atoms with E-state index in [9.17, 15) is 10.1 Å². The molecule has 142 valence electrons. The maximum Gasteiger partial charge on any atom is 0.275 e. The van der Waals surface area contributed by atoms with E-state index in [4.69, 9.17) is 28.6 Å². The second kappa shape index (κ2) is 9.16. The number of nitro groups is 1. The normalized spacial score (nSPS) is 10.2. The molecule has 2 N–H and O–H groups in total. The second-order valence-electron chi connectivity index (χ2n) is 5.82. The number of non-ortho nitro benzene ring substituents is 1. The monoisotopic (exact) mass is 413 g/mol. The Kier molecular flexibility index (Phi) is 6.41. The van der Waals surface area contributed by atoms with Crippen LogP contribution in [0.15, 0.2) is 72.8 Å². The number of hydrogen-bond acceptors (Lipinski definition) is 4. The summed E-state index contributed by atoms with van der Waals surface area (Å²) >= 11 is 11.1. The standard InChI is InChI=1S/C20H16ClN3O3S/c21-15-6-8-18(9-7-15)27-19-11-16(10-17(12-19)24(25)26)23-20(28)22-13-14-4-2-1-3-5-14/h1-12H,13H2,(H2,22,23,28). The van der Waals surface area contributed by atoms with Crippen molar-refractivity contribution in [2.24, 2.45) is 0 Å². The van der Waals surface area contributed by atoms with E-state index in [0.717, 1.165) is 5.56 Å². The molecular weight excluding hydrogens is 398 g/mol. The van der Waals surface area contributed by atoms with Gasteiger partial charge in [0.05, 0.1) is 16.7 Å². The van der Waals surface area contributed by atoms with Crippen LogP contribution in [-0.2, 0) is 6.54 Å². The number of halogens is 1. The van der Waals surface area contributed by atoms with Crippen molar-refractivity contribution in [3.8, 4) is 11.5 Å². The number of nitrogens with one attached hydrogen (secondary N) is 2. The number of nitro benzene ring substituents is 1. The van der Waals surface area contributed by atoms with Crippen LogP contribution in [0.3, 0.4) is 0 Å². The van der Waals surface area contributed by atoms with E-state index in [1.165, 1.54) is 12.1 Å². The predicted octanol–water partition coefficient (Wildman–Crippen LogP) is 5.53. The topological polar surface area (TPSA) is 76.4 Å². The average molecular weight is 414 g/mol. The molecule has 0 aliphatic heterocycles. The summed E-state index contributed by atoms with van der Waals surface area (Å²) in [6.45, 7) is 0.537. The molecule has 0 radical (unpaired) electrons. The first-order valence-electron chi connectivity index (χ1n) is 8.31. The lowest BCUT2D eigenvalue weighted by molar-refractivity contribution is -0.384. The molecule has 0 unspecified atom stereocenters. The highest BCUT2D eigenvalue weighted by molar-refractivity contribution is 7.80. The number of ether oxygens (including phenoxy) is 1. The van der Waals surface area contributed by atoms with Crippen LogP contribution < -0.4 is 15.4 Å². The van der Waals surface area contributed by atoms with Gasteiger partial charge in [0.1, 0.15) is 11.5 Å². The molecule has 0 bridgehead atoms. The van der Waals surface area contributed by atoms with E-state index in [1.54, 1.807) is 30.3 Å². The summed E-state index contributed by atoms with van der Waals surface area (Å²) in [7, 11) is 0. The van der Waals surface area contributed by atoms with Gasteiger partial charge >= 0.3 is 0 Å². The van der Waals surface area contributed by atoms with Gasteiger partial charge in [-0.1, -0.05) is 41.9 Å². The third-order valence-electron chi connectivity index (χ3n) is 3.71. The molecule has 0 saturated heterocycles. The summed E-state index contributed by atoms with van der Waals surface area (Å²) in [5.41, 5.74) is 1.40. The highest BCUT2D eigenvalue weighted by Crippen LogP contribution is 2.30. The Morgan fingerprint density at radius 2 is 1.75 bits per heavy atom. The first-order valence-corrected chi connectivity index (χ1v) is 9.10. The Morgan fingerprint density at radius 3 is 2.43 bits per heavy atom. The number of hydrogen-bond donors (Lipinski definition) is 2. The Labute approximate surface area is 172 Å². The number of rotatable bonds is 6. The van der Waals surface area contributed by atoms with Crippen LogP contribution >= 0.6 is 23.8 Å². The molecule has 3 aromatic rings. The quantitative estimate of drug-likeness (QED) is 0.314. The largest absolute Gasteiger partial charge is 0.457 e. The molecule has 6 nitrogen and oxygen atoms in total. The van der Waals surface area contributed by atoms with Crippen molar-refractivity contribution in [2.75, 3.05) is 5.32 Å². The molecule has 0 spiro atoms. The molecule has 0 aromatic heterocycles. The summed E-state index contributed by atoms with van der Waals surface area (Å²) in [6.07, 6.45) is 0. The minimum atomic E-state index is -0.486. The van der Waals surface area contributed by atoms with Gasteiger partial charge in [0.25, 0.3) is 5.69 Å². The van der Waals surface area contributed by atoms with Gasteiger partial charge < -0.3 is 15.4 Å². The van der Waals surface area contributed by atoms with Crippen molar-refractivity contribution < 1.29 is 9.66 Å². The van der Waals surface area contributed by atoms with Crippen molar-refractivity contribution >= 4 is 40.3 Å². The van der Waals surface area contributed by atoms with Gasteiger partial charge in [0, 0.05) is 23.7 Å². The Hall–Kier alpha value is -3.16. The van der Waals surface area contributed by atoms with Crippen LogP contribution in [0.5, 0.6) is 11.5 Å². The van der Waals surface area contributed by atoms with Crippen molar-refractivity contribution in [1.29, 1.82) is 0 Å². The molecule has 0 fully saturated rings. The van der Waals surface area contributed by atoms with Gasteiger partial charge in [0.15, 0.2) is 5.11 Å². The van der Waals surface area contributed by atoms with Crippen LogP contribution in [0, 0.1) is 10.1 Å². The predicted molar refractivity (Wildman–Crippen MR) is 114 cm³/mol. The number of thiocarbonyl (C=S) groups is 1. The van der Waals surface area contributed by atoms with E-state index < -0.39 is 4.92 Å². The summed E-state index contributed by atoms with van der Waals surface area (Å²) < 4.78 is 5.71. The van der Waals surface area contributed by atoms with Crippen LogP contribution in [0.1, 0.15) is 5.56 Å². The van der Waals surface area contributed by atoms with Crippen molar-refractivity contribution in [3.63, 3.8) is 0 Å². The summed E-state index contributed by atoms with van der Waals surface area (Å²) in [5, 5.41) is 18.2. The summed E-state index contributed by atoms with van der Waals surface area (Å²) in [5.74, 6) is 0.825. The third-order valence-corrected chi connectivity index (χ3v) is 4.20. The zero-order valence-electron chi connectivity index (χ0n) is 14.6. The Morgan fingerprint density at radius 1 is 1.04 bits per heavy atom. The Balaban J connectivity index is 1.72. The lowest BCUT2D eigenvalue weighted by Gasteiger charge is -2.12. The average Bonchev–Trinajstić information content (AvgIpc) is 2.69. The van der Waals surface area contributed by atoms with E-state index >= 15 is 0 Å². The molecule has 0 amide bonds. The third kappa shape index (κ3) is 5.67. The van der Waals surface area contributed by atoms with Crippen LogP contribution in [0.4, 0.5) is 11.4 Å². The highest BCUT2D eigenvalue weighted by Gasteiger charge is 2.12. The number of nitrogens with zero attached hydrogens (tertiary/aromatic N) is 1. The van der Waals surface area contributed by atoms with Crippen LogP contribution in [0.25, 0.3) is 0 Å².